The van der Waals surface area contributed by atoms with E-state index in [1.807, 2.05) is 14.4 Å². The zero-order valence-electron chi connectivity index (χ0n) is 48.3. The first-order valence-corrected chi connectivity index (χ1v) is 32.5. The Balaban J connectivity index is 0.000000538. The summed E-state index contributed by atoms with van der Waals surface area (Å²) in [5, 5.41) is 2.86. The normalized spacial score (nSPS) is 12.6. The van der Waals surface area contributed by atoms with Gasteiger partial charge in [0.2, 0.25) is 11.4 Å². The summed E-state index contributed by atoms with van der Waals surface area (Å²) in [5.74, 6) is 0. The molecule has 3 rings (SSSR count). The van der Waals surface area contributed by atoms with Crippen molar-refractivity contribution in [3.8, 4) is 0 Å². The molecule has 0 fully saturated rings. The first-order valence-electron chi connectivity index (χ1n) is 31.1. The van der Waals surface area contributed by atoms with Gasteiger partial charge in [0.05, 0.1) is 0 Å². The SMILES string of the molecule is CCCCCCCCCCCC[CH2][Ni][CH2]CCCCCCCCCCCC.CCCCCc1cc(C2=C(CCCC)C=C(c3cc(CC)c(CC)c(CC)c3)[N+]2=[N-])cc(CCCCC)c1CCCCC. The van der Waals surface area contributed by atoms with Crippen LogP contribution in [0.4, 0.5) is 0 Å². The van der Waals surface area contributed by atoms with Crippen LogP contribution in [-0.4, -0.2) is 4.70 Å². The molecular formula is C67H116N2Ni. The van der Waals surface area contributed by atoms with E-state index in [1.54, 1.807) is 10.3 Å². The van der Waals surface area contributed by atoms with Crippen LogP contribution in [0.5, 0.6) is 0 Å². The summed E-state index contributed by atoms with van der Waals surface area (Å²) in [6.45, 7) is 20.6. The van der Waals surface area contributed by atoms with Crippen molar-refractivity contribution < 1.29 is 19.1 Å². The van der Waals surface area contributed by atoms with Crippen LogP contribution in [0.2, 0.25) is 10.8 Å². The summed E-state index contributed by atoms with van der Waals surface area (Å²) in [6, 6.07) is 9.63. The van der Waals surface area contributed by atoms with E-state index in [0.717, 1.165) is 68.3 Å². The number of unbranched alkanes of at least 4 members (excludes halogenated alkanes) is 27. The maximum absolute atomic E-state index is 12.0. The van der Waals surface area contributed by atoms with Crippen molar-refractivity contribution in [3.05, 3.63) is 86.0 Å². The standard InChI is InChI=1S/C41H62N2.2C13H27.Ni/c1-8-15-19-23-33-28-37(29-34(24-20-16-9-2)39(33)25-21-17-10-3)41-35(22-18-11-4)30-40(43(41)42)36-26-31(12-5)38(14-7)32(13-6)27-36;2*1-3-5-7-9-11-13-12-10-8-6-4-2;/h26-30H,8-25H2,1-7H3;2*1,3-13H2,2H3;. The van der Waals surface area contributed by atoms with Crippen LogP contribution in [0.15, 0.2) is 35.9 Å². The Morgan fingerprint density at radius 1 is 0.343 bits per heavy atom. The molecule has 0 spiro atoms. The second-order valence-corrected chi connectivity index (χ2v) is 22.8. The second-order valence-electron chi connectivity index (χ2n) is 21.3. The quantitative estimate of drug-likeness (QED) is 0.0359. The van der Waals surface area contributed by atoms with Crippen molar-refractivity contribution in [2.75, 3.05) is 0 Å². The molecule has 2 aromatic carbocycles. The predicted octanol–water partition coefficient (Wildman–Crippen LogP) is 23.1. The van der Waals surface area contributed by atoms with E-state index >= 15 is 0 Å². The number of aryl methyl sites for hydroxylation is 4. The van der Waals surface area contributed by atoms with E-state index in [2.05, 4.69) is 92.7 Å². The van der Waals surface area contributed by atoms with E-state index in [-0.39, 0.29) is 0 Å². The number of benzene rings is 2. The van der Waals surface area contributed by atoms with Crippen molar-refractivity contribution in [3.63, 3.8) is 0 Å². The molecule has 3 heteroatoms. The number of hydrogen-bond acceptors (Lipinski definition) is 0. The topological polar surface area (TPSA) is 25.3 Å². The molecule has 2 aromatic rings. The number of rotatable bonds is 44. The minimum Gasteiger partial charge on any atom is -0.493 e. The molecule has 0 atom stereocenters. The molecule has 0 unspecified atom stereocenters. The molecule has 404 valence electrons. The molecule has 0 N–H and O–H groups in total. The minimum absolute atomic E-state index is 0.945. The van der Waals surface area contributed by atoms with Crippen LogP contribution < -0.4 is 0 Å². The van der Waals surface area contributed by atoms with Gasteiger partial charge in [0, 0.05) is 22.8 Å². The molecule has 0 radical (unpaired) electrons. The zero-order valence-corrected chi connectivity index (χ0v) is 49.3. The Hall–Kier alpha value is -1.99. The van der Waals surface area contributed by atoms with Crippen molar-refractivity contribution in [1.29, 1.82) is 0 Å². The average molecular weight is 1010 g/mol. The summed E-state index contributed by atoms with van der Waals surface area (Å²) in [5.41, 5.74) is 26.7. The van der Waals surface area contributed by atoms with E-state index < -0.39 is 0 Å². The molecule has 1 aliphatic rings. The Morgan fingerprint density at radius 3 is 1.09 bits per heavy atom. The maximum atomic E-state index is 12.0. The van der Waals surface area contributed by atoms with Gasteiger partial charge < -0.3 is 5.53 Å². The zero-order chi connectivity index (χ0) is 50.9. The minimum atomic E-state index is 0.945. The molecular weight excluding hydrogens is 891 g/mol. The van der Waals surface area contributed by atoms with E-state index in [0.29, 0.717) is 0 Å². The van der Waals surface area contributed by atoms with Crippen LogP contribution in [0, 0.1) is 0 Å². The number of allylic oxidation sites excluding steroid dienone is 2. The van der Waals surface area contributed by atoms with Gasteiger partial charge in [0.1, 0.15) is 0 Å². The van der Waals surface area contributed by atoms with E-state index in [9.17, 15) is 5.53 Å². The molecule has 0 saturated heterocycles. The van der Waals surface area contributed by atoms with Gasteiger partial charge in [-0.1, -0.05) is 107 Å². The Morgan fingerprint density at radius 2 is 0.700 bits per heavy atom. The summed E-state index contributed by atoms with van der Waals surface area (Å²) in [6.07, 6.45) is 55.8. The second kappa shape index (κ2) is 43.4. The predicted molar refractivity (Wildman–Crippen MR) is 311 cm³/mol. The molecule has 70 heavy (non-hydrogen) atoms. The summed E-state index contributed by atoms with van der Waals surface area (Å²) in [7, 11) is 0. The first kappa shape index (κ1) is 64.1. The fourth-order valence-corrected chi connectivity index (χ4v) is 12.0. The van der Waals surface area contributed by atoms with Gasteiger partial charge >= 0.3 is 166 Å². The van der Waals surface area contributed by atoms with Crippen LogP contribution in [0.3, 0.4) is 0 Å². The fourth-order valence-electron chi connectivity index (χ4n) is 10.8. The van der Waals surface area contributed by atoms with Gasteiger partial charge in [-0.05, 0) is 128 Å². The third-order valence-corrected chi connectivity index (χ3v) is 16.6. The number of nitrogens with zero attached hydrogens (tertiary/aromatic N) is 2. The molecule has 0 amide bonds. The van der Waals surface area contributed by atoms with Gasteiger partial charge in [0.15, 0.2) is 0 Å². The Kier molecular flexibility index (Phi) is 39.8. The third kappa shape index (κ3) is 26.3. The third-order valence-electron chi connectivity index (χ3n) is 15.2. The molecule has 2 nitrogen and oxygen atoms in total. The summed E-state index contributed by atoms with van der Waals surface area (Å²) < 4.78 is 1.56. The van der Waals surface area contributed by atoms with Crippen LogP contribution >= 0.6 is 0 Å². The molecule has 1 aliphatic heterocycles. The van der Waals surface area contributed by atoms with Gasteiger partial charge in [-0.15, -0.1) is 0 Å². The summed E-state index contributed by atoms with van der Waals surface area (Å²) in [4.78, 5) is 0. The smallest absolute Gasteiger partial charge is 0.493 e. The molecule has 0 aliphatic carbocycles. The summed E-state index contributed by atoms with van der Waals surface area (Å²) >= 11 is 2.03. The van der Waals surface area contributed by atoms with Crippen molar-refractivity contribution >= 4 is 11.4 Å². The van der Waals surface area contributed by atoms with Crippen LogP contribution in [-0.2, 0) is 53.0 Å². The molecule has 1 heterocycles. The van der Waals surface area contributed by atoms with Gasteiger partial charge in [-0.3, -0.25) is 0 Å². The van der Waals surface area contributed by atoms with Crippen molar-refractivity contribution in [2.45, 2.75) is 330 Å². The van der Waals surface area contributed by atoms with Crippen LogP contribution in [0.25, 0.3) is 16.9 Å². The van der Waals surface area contributed by atoms with Crippen molar-refractivity contribution in [2.24, 2.45) is 0 Å². The molecule has 0 aromatic heterocycles. The van der Waals surface area contributed by atoms with E-state index in [4.69, 9.17) is 0 Å². The monoisotopic (exact) mass is 1010 g/mol. The molecule has 0 bridgehead atoms. The molecule has 0 saturated carbocycles. The van der Waals surface area contributed by atoms with Crippen LogP contribution in [0.1, 0.15) is 325 Å². The average Bonchev–Trinajstić information content (AvgIpc) is 3.71. The van der Waals surface area contributed by atoms with Gasteiger partial charge in [-0.2, -0.15) is 0 Å². The van der Waals surface area contributed by atoms with Crippen molar-refractivity contribution in [1.82, 2.24) is 0 Å². The Bertz CT molecular complexity index is 1600. The first-order chi connectivity index (χ1) is 34.4. The van der Waals surface area contributed by atoms with Gasteiger partial charge in [-0.25, -0.2) is 4.70 Å². The Labute approximate surface area is 444 Å². The van der Waals surface area contributed by atoms with Gasteiger partial charge in [0.25, 0.3) is 0 Å². The van der Waals surface area contributed by atoms with E-state index in [1.165, 1.54) is 255 Å². The fraction of sp³-hybridized carbons (Fsp3) is 0.761. The number of hydrogen-bond donors (Lipinski definition) is 0.